The molecule has 1 heterocycles. The molecule has 2 aromatic carbocycles. The lowest BCUT2D eigenvalue weighted by Gasteiger charge is -2.14. The van der Waals surface area contributed by atoms with Crippen LogP contribution in [0, 0.1) is 0 Å². The summed E-state index contributed by atoms with van der Waals surface area (Å²) >= 11 is 0. The Labute approximate surface area is 123 Å². The molecule has 1 N–H and O–H groups in total. The molecule has 1 amide bonds. The van der Waals surface area contributed by atoms with Gasteiger partial charge in [0.25, 0.3) is 5.91 Å². The van der Waals surface area contributed by atoms with Crippen molar-refractivity contribution in [3.05, 3.63) is 78.1 Å². The Morgan fingerprint density at radius 1 is 1.00 bits per heavy atom. The summed E-state index contributed by atoms with van der Waals surface area (Å²) in [4.78, 5) is 16.2. The number of carbonyl (C=O) groups excluding carboxylic acids is 1. The minimum Gasteiger partial charge on any atom is -0.344 e. The number of hydrogen-bond acceptors (Lipinski definition) is 2. The summed E-state index contributed by atoms with van der Waals surface area (Å²) in [5.74, 6) is -0.156. The average Bonchev–Trinajstić information content (AvgIpc) is 2.55. The van der Waals surface area contributed by atoms with E-state index in [0.717, 1.165) is 5.56 Å². The zero-order valence-electron chi connectivity index (χ0n) is 11.8. The maximum absolute atomic E-state index is 12.1. The highest BCUT2D eigenvalue weighted by atomic mass is 16.1. The van der Waals surface area contributed by atoms with Gasteiger partial charge in [0.05, 0.1) is 6.04 Å². The quantitative estimate of drug-likeness (QED) is 0.792. The molecule has 0 aliphatic rings. The Morgan fingerprint density at radius 3 is 2.52 bits per heavy atom. The summed E-state index contributed by atoms with van der Waals surface area (Å²) in [6.45, 7) is 1.98. The van der Waals surface area contributed by atoms with E-state index in [4.69, 9.17) is 0 Å². The van der Waals surface area contributed by atoms with E-state index in [2.05, 4.69) is 34.6 Å². The van der Waals surface area contributed by atoms with Gasteiger partial charge in [0.15, 0.2) is 0 Å². The topological polar surface area (TPSA) is 42.0 Å². The Kier molecular flexibility index (Phi) is 3.65. The second-order valence-electron chi connectivity index (χ2n) is 5.02. The number of fused-ring (bicyclic) bond motifs is 1. The summed E-state index contributed by atoms with van der Waals surface area (Å²) < 4.78 is 0. The smallest absolute Gasteiger partial charge is 0.270 e. The van der Waals surface area contributed by atoms with Gasteiger partial charge in [-0.05, 0) is 41.5 Å². The van der Waals surface area contributed by atoms with Crippen molar-refractivity contribution >= 4 is 16.7 Å². The van der Waals surface area contributed by atoms with Crippen LogP contribution in [-0.4, -0.2) is 10.9 Å². The molecule has 0 bridgehead atoms. The number of hydrogen-bond donors (Lipinski definition) is 1. The van der Waals surface area contributed by atoms with E-state index < -0.39 is 0 Å². The predicted octanol–water partition coefficient (Wildman–Crippen LogP) is 3.73. The normalized spacial score (nSPS) is 12.0. The number of nitrogens with one attached hydrogen (secondary N) is 1. The maximum atomic E-state index is 12.1. The molecule has 3 aromatic rings. The highest BCUT2D eigenvalue weighted by Gasteiger charge is 2.12. The Hall–Kier alpha value is -2.68. The van der Waals surface area contributed by atoms with Crippen LogP contribution < -0.4 is 5.32 Å². The van der Waals surface area contributed by atoms with Gasteiger partial charge >= 0.3 is 0 Å². The highest BCUT2D eigenvalue weighted by molar-refractivity contribution is 5.92. The fourth-order valence-corrected chi connectivity index (χ4v) is 2.33. The first-order valence-electron chi connectivity index (χ1n) is 6.94. The average molecular weight is 276 g/mol. The molecule has 3 nitrogen and oxygen atoms in total. The zero-order valence-corrected chi connectivity index (χ0v) is 11.8. The highest BCUT2D eigenvalue weighted by Crippen LogP contribution is 2.20. The van der Waals surface area contributed by atoms with Crippen molar-refractivity contribution in [3.8, 4) is 0 Å². The largest absolute Gasteiger partial charge is 0.344 e. The van der Waals surface area contributed by atoms with E-state index in [1.807, 2.05) is 31.2 Å². The van der Waals surface area contributed by atoms with Crippen molar-refractivity contribution in [1.29, 1.82) is 0 Å². The fraction of sp³-hybridized carbons (Fsp3) is 0.111. The van der Waals surface area contributed by atoms with E-state index in [0.29, 0.717) is 5.69 Å². The Balaban J connectivity index is 1.80. The second kappa shape index (κ2) is 5.75. The van der Waals surface area contributed by atoms with Gasteiger partial charge in [0.2, 0.25) is 0 Å². The number of aromatic nitrogens is 1. The van der Waals surface area contributed by atoms with Crippen LogP contribution in [0.15, 0.2) is 66.9 Å². The van der Waals surface area contributed by atoms with Crippen molar-refractivity contribution in [2.45, 2.75) is 13.0 Å². The summed E-state index contributed by atoms with van der Waals surface area (Å²) in [6.07, 6.45) is 1.62. The third kappa shape index (κ3) is 2.92. The number of pyridine rings is 1. The lowest BCUT2D eigenvalue weighted by molar-refractivity contribution is 0.0935. The van der Waals surface area contributed by atoms with Crippen molar-refractivity contribution < 1.29 is 4.79 Å². The van der Waals surface area contributed by atoms with Gasteiger partial charge < -0.3 is 5.32 Å². The minimum atomic E-state index is -0.156. The van der Waals surface area contributed by atoms with Gasteiger partial charge in [0.1, 0.15) is 5.69 Å². The summed E-state index contributed by atoms with van der Waals surface area (Å²) in [6, 6.07) is 19.7. The van der Waals surface area contributed by atoms with Crippen LogP contribution >= 0.6 is 0 Å². The number of nitrogens with zero attached hydrogens (tertiary/aromatic N) is 1. The van der Waals surface area contributed by atoms with Crippen molar-refractivity contribution in [3.63, 3.8) is 0 Å². The molecule has 0 aliphatic carbocycles. The molecule has 0 aliphatic heterocycles. The second-order valence-corrected chi connectivity index (χ2v) is 5.02. The van der Waals surface area contributed by atoms with Crippen molar-refractivity contribution in [2.75, 3.05) is 0 Å². The Bertz CT molecular complexity index is 768. The van der Waals surface area contributed by atoms with Gasteiger partial charge in [-0.3, -0.25) is 9.78 Å². The van der Waals surface area contributed by atoms with E-state index in [1.165, 1.54) is 10.8 Å². The van der Waals surface area contributed by atoms with E-state index in [1.54, 1.807) is 18.3 Å². The van der Waals surface area contributed by atoms with Crippen LogP contribution in [0.5, 0.6) is 0 Å². The van der Waals surface area contributed by atoms with Crippen LogP contribution in [0.3, 0.4) is 0 Å². The number of amides is 1. The van der Waals surface area contributed by atoms with E-state index in [9.17, 15) is 4.79 Å². The van der Waals surface area contributed by atoms with Gasteiger partial charge in [-0.2, -0.15) is 0 Å². The monoisotopic (exact) mass is 276 g/mol. The van der Waals surface area contributed by atoms with E-state index in [-0.39, 0.29) is 11.9 Å². The molecule has 0 saturated heterocycles. The third-order valence-corrected chi connectivity index (χ3v) is 3.52. The molecule has 0 fully saturated rings. The molecule has 0 spiro atoms. The first-order valence-corrected chi connectivity index (χ1v) is 6.94. The van der Waals surface area contributed by atoms with Crippen LogP contribution in [0.1, 0.15) is 29.0 Å². The molecule has 1 aromatic heterocycles. The SMILES string of the molecule is C[C@@H](NC(=O)c1ccccn1)c1ccc2ccccc2c1. The maximum Gasteiger partial charge on any atom is 0.270 e. The number of carbonyl (C=O) groups is 1. The summed E-state index contributed by atoms with van der Waals surface area (Å²) in [5, 5.41) is 5.35. The molecule has 0 radical (unpaired) electrons. The Morgan fingerprint density at radius 2 is 1.76 bits per heavy atom. The molecule has 3 rings (SSSR count). The molecule has 1 atom stereocenters. The summed E-state index contributed by atoms with van der Waals surface area (Å²) in [5.41, 5.74) is 1.52. The lowest BCUT2D eigenvalue weighted by Crippen LogP contribution is -2.27. The van der Waals surface area contributed by atoms with Gasteiger partial charge in [0, 0.05) is 6.20 Å². The van der Waals surface area contributed by atoms with Crippen LogP contribution in [0.25, 0.3) is 10.8 Å². The molecule has 3 heteroatoms. The first-order chi connectivity index (χ1) is 10.2. The molecule has 0 saturated carbocycles. The molecule has 21 heavy (non-hydrogen) atoms. The first kappa shape index (κ1) is 13.3. The van der Waals surface area contributed by atoms with Crippen LogP contribution in [-0.2, 0) is 0 Å². The van der Waals surface area contributed by atoms with Gasteiger partial charge in [-0.25, -0.2) is 0 Å². The summed E-state index contributed by atoms with van der Waals surface area (Å²) in [7, 11) is 0. The van der Waals surface area contributed by atoms with Crippen LogP contribution in [0.2, 0.25) is 0 Å². The van der Waals surface area contributed by atoms with Gasteiger partial charge in [-0.15, -0.1) is 0 Å². The van der Waals surface area contributed by atoms with Crippen molar-refractivity contribution in [1.82, 2.24) is 10.3 Å². The molecular formula is C18H16N2O. The van der Waals surface area contributed by atoms with Crippen molar-refractivity contribution in [2.24, 2.45) is 0 Å². The fourth-order valence-electron chi connectivity index (χ4n) is 2.33. The lowest BCUT2D eigenvalue weighted by atomic mass is 10.0. The van der Waals surface area contributed by atoms with E-state index >= 15 is 0 Å². The molecule has 104 valence electrons. The predicted molar refractivity (Wildman–Crippen MR) is 84.1 cm³/mol. The van der Waals surface area contributed by atoms with Gasteiger partial charge in [-0.1, -0.05) is 42.5 Å². The number of benzene rings is 2. The zero-order chi connectivity index (χ0) is 14.7. The third-order valence-electron chi connectivity index (χ3n) is 3.52. The molecule has 0 unspecified atom stereocenters. The number of rotatable bonds is 3. The standard InChI is InChI=1S/C18H16N2O/c1-13(20-18(21)17-8-4-5-11-19-17)15-10-9-14-6-2-3-7-16(14)12-15/h2-13H,1H3,(H,20,21)/t13-/m1/s1. The minimum absolute atomic E-state index is 0.0656. The van der Waals surface area contributed by atoms with Crippen LogP contribution in [0.4, 0.5) is 0 Å². The molecular weight excluding hydrogens is 260 g/mol.